The number of aliphatic hydroxyl groups is 1. The fourth-order valence-corrected chi connectivity index (χ4v) is 3.66. The fraction of sp³-hybridized carbons (Fsp3) is 0.632. The number of piperidine rings is 1. The zero-order valence-corrected chi connectivity index (χ0v) is 14.4. The van der Waals surface area contributed by atoms with Crippen LogP contribution in [0.2, 0.25) is 0 Å². The molecule has 1 aliphatic heterocycles. The average molecular weight is 332 g/mol. The van der Waals surface area contributed by atoms with Gasteiger partial charge in [-0.15, -0.1) is 0 Å². The molecule has 2 fully saturated rings. The summed E-state index contributed by atoms with van der Waals surface area (Å²) in [6.45, 7) is 2.85. The van der Waals surface area contributed by atoms with Gasteiger partial charge in [-0.2, -0.15) is 0 Å². The van der Waals surface area contributed by atoms with E-state index in [9.17, 15) is 9.90 Å². The SMILES string of the molecule is COCC(O)CN1CCC(NC(=O)C2CC2c2ccccc2)CC1. The van der Waals surface area contributed by atoms with Gasteiger partial charge in [0.1, 0.15) is 0 Å². The number of carbonyl (C=O) groups excluding carboxylic acids is 1. The standard InChI is InChI=1S/C19H28N2O3/c1-24-13-16(22)12-21-9-7-15(8-10-21)20-19(23)18-11-17(18)14-5-3-2-4-6-14/h2-6,15-18,22H,7-13H2,1H3,(H,20,23). The normalized spacial score (nSPS) is 26.1. The van der Waals surface area contributed by atoms with E-state index < -0.39 is 6.10 Å². The van der Waals surface area contributed by atoms with Crippen molar-refractivity contribution in [1.29, 1.82) is 0 Å². The summed E-state index contributed by atoms with van der Waals surface area (Å²) < 4.78 is 4.97. The van der Waals surface area contributed by atoms with E-state index >= 15 is 0 Å². The smallest absolute Gasteiger partial charge is 0.223 e. The van der Waals surface area contributed by atoms with E-state index in [4.69, 9.17) is 4.74 Å². The van der Waals surface area contributed by atoms with E-state index in [1.54, 1.807) is 7.11 Å². The van der Waals surface area contributed by atoms with Gasteiger partial charge in [0.2, 0.25) is 5.91 Å². The number of β-amino-alcohol motifs (C(OH)–C–C–N with tert-alkyl or cyclic N) is 1. The van der Waals surface area contributed by atoms with Crippen LogP contribution in [0.15, 0.2) is 30.3 Å². The highest BCUT2D eigenvalue weighted by molar-refractivity contribution is 5.83. The number of nitrogens with zero attached hydrogens (tertiary/aromatic N) is 1. The van der Waals surface area contributed by atoms with Crippen LogP contribution in [0.4, 0.5) is 0 Å². The van der Waals surface area contributed by atoms with Crippen LogP contribution in [-0.4, -0.2) is 61.4 Å². The number of carbonyl (C=O) groups is 1. The van der Waals surface area contributed by atoms with Crippen molar-refractivity contribution in [3.63, 3.8) is 0 Å². The van der Waals surface area contributed by atoms with Crippen molar-refractivity contribution in [3.8, 4) is 0 Å². The minimum atomic E-state index is -0.431. The van der Waals surface area contributed by atoms with Crippen LogP contribution in [0, 0.1) is 5.92 Å². The summed E-state index contributed by atoms with van der Waals surface area (Å²) >= 11 is 0. The Labute approximate surface area is 144 Å². The molecule has 0 aromatic heterocycles. The largest absolute Gasteiger partial charge is 0.389 e. The highest BCUT2D eigenvalue weighted by atomic mass is 16.5. The van der Waals surface area contributed by atoms with Crippen molar-refractivity contribution < 1.29 is 14.6 Å². The molecule has 3 rings (SSSR count). The highest BCUT2D eigenvalue weighted by Crippen LogP contribution is 2.47. The Bertz CT molecular complexity index is 529. The summed E-state index contributed by atoms with van der Waals surface area (Å²) in [4.78, 5) is 14.7. The molecule has 0 radical (unpaired) electrons. The number of ether oxygens (including phenoxy) is 1. The minimum absolute atomic E-state index is 0.147. The second kappa shape index (κ2) is 8.10. The third kappa shape index (κ3) is 4.56. The van der Waals surface area contributed by atoms with Gasteiger partial charge < -0.3 is 20.1 Å². The van der Waals surface area contributed by atoms with Gasteiger partial charge in [-0.3, -0.25) is 4.79 Å². The van der Waals surface area contributed by atoms with Crippen molar-refractivity contribution in [2.75, 3.05) is 33.4 Å². The molecule has 2 N–H and O–H groups in total. The van der Waals surface area contributed by atoms with E-state index in [2.05, 4.69) is 22.3 Å². The minimum Gasteiger partial charge on any atom is -0.389 e. The molecular formula is C19H28N2O3. The van der Waals surface area contributed by atoms with Crippen molar-refractivity contribution >= 4 is 5.91 Å². The summed E-state index contributed by atoms with van der Waals surface area (Å²) in [5.74, 6) is 0.756. The van der Waals surface area contributed by atoms with Gasteiger partial charge in [0, 0.05) is 38.7 Å². The first kappa shape index (κ1) is 17.4. The first-order valence-electron chi connectivity index (χ1n) is 8.92. The lowest BCUT2D eigenvalue weighted by atomic mass is 10.0. The molecule has 0 bridgehead atoms. The van der Waals surface area contributed by atoms with E-state index in [-0.39, 0.29) is 17.9 Å². The van der Waals surface area contributed by atoms with Gasteiger partial charge in [0.05, 0.1) is 12.7 Å². The second-order valence-electron chi connectivity index (χ2n) is 7.05. The first-order chi connectivity index (χ1) is 11.7. The number of hydrogen-bond donors (Lipinski definition) is 2. The van der Waals surface area contributed by atoms with E-state index in [1.165, 1.54) is 5.56 Å². The Kier molecular flexibility index (Phi) is 5.87. The maximum absolute atomic E-state index is 12.4. The Morgan fingerprint density at radius 2 is 2.04 bits per heavy atom. The molecule has 5 nitrogen and oxygen atoms in total. The van der Waals surface area contributed by atoms with Crippen LogP contribution in [-0.2, 0) is 9.53 Å². The number of nitrogens with one attached hydrogen (secondary N) is 1. The van der Waals surface area contributed by atoms with Crippen molar-refractivity contribution in [2.45, 2.75) is 37.3 Å². The zero-order valence-electron chi connectivity index (χ0n) is 14.4. The lowest BCUT2D eigenvalue weighted by Crippen LogP contribution is -2.47. The van der Waals surface area contributed by atoms with Crippen LogP contribution < -0.4 is 5.32 Å². The van der Waals surface area contributed by atoms with Gasteiger partial charge in [-0.25, -0.2) is 0 Å². The summed E-state index contributed by atoms with van der Waals surface area (Å²) in [6, 6.07) is 10.6. The monoisotopic (exact) mass is 332 g/mol. The highest BCUT2D eigenvalue weighted by Gasteiger charge is 2.44. The molecule has 1 aliphatic carbocycles. The molecule has 1 saturated carbocycles. The number of likely N-dealkylation sites (tertiary alicyclic amines) is 1. The van der Waals surface area contributed by atoms with Crippen LogP contribution in [0.1, 0.15) is 30.7 Å². The number of benzene rings is 1. The molecule has 5 heteroatoms. The summed E-state index contributed by atoms with van der Waals surface area (Å²) in [5.41, 5.74) is 1.28. The Balaban J connectivity index is 1.38. The third-order valence-corrected chi connectivity index (χ3v) is 5.12. The van der Waals surface area contributed by atoms with Crippen LogP contribution in [0.3, 0.4) is 0 Å². The zero-order chi connectivity index (χ0) is 16.9. The van der Waals surface area contributed by atoms with Gasteiger partial charge in [0.15, 0.2) is 0 Å². The van der Waals surface area contributed by atoms with Crippen LogP contribution in [0.25, 0.3) is 0 Å². The predicted molar refractivity (Wildman–Crippen MR) is 92.8 cm³/mol. The molecule has 3 unspecified atom stereocenters. The summed E-state index contributed by atoms with van der Waals surface area (Å²) in [7, 11) is 1.60. The molecule has 2 aliphatic rings. The predicted octanol–water partition coefficient (Wildman–Crippen LogP) is 1.38. The summed E-state index contributed by atoms with van der Waals surface area (Å²) in [6.07, 6.45) is 2.44. The molecule has 3 atom stereocenters. The number of rotatable bonds is 7. The van der Waals surface area contributed by atoms with Gasteiger partial charge in [0.25, 0.3) is 0 Å². The maximum atomic E-state index is 12.4. The average Bonchev–Trinajstić information content (AvgIpc) is 3.38. The lowest BCUT2D eigenvalue weighted by Gasteiger charge is -2.33. The quantitative estimate of drug-likeness (QED) is 0.792. The molecule has 1 heterocycles. The Morgan fingerprint density at radius 3 is 2.71 bits per heavy atom. The molecule has 0 spiro atoms. The summed E-state index contributed by atoms with van der Waals surface area (Å²) in [5, 5.41) is 13.0. The number of hydrogen-bond acceptors (Lipinski definition) is 4. The molecule has 132 valence electrons. The molecule has 1 aromatic carbocycles. The molecule has 1 saturated heterocycles. The number of amides is 1. The second-order valence-corrected chi connectivity index (χ2v) is 7.05. The fourth-order valence-electron chi connectivity index (χ4n) is 3.66. The van der Waals surface area contributed by atoms with E-state index in [0.717, 1.165) is 32.4 Å². The van der Waals surface area contributed by atoms with Crippen molar-refractivity contribution in [2.24, 2.45) is 5.92 Å². The van der Waals surface area contributed by atoms with Gasteiger partial charge >= 0.3 is 0 Å². The third-order valence-electron chi connectivity index (χ3n) is 5.12. The topological polar surface area (TPSA) is 61.8 Å². The first-order valence-corrected chi connectivity index (χ1v) is 8.92. The van der Waals surface area contributed by atoms with Gasteiger partial charge in [-0.05, 0) is 30.7 Å². The lowest BCUT2D eigenvalue weighted by molar-refractivity contribution is -0.123. The van der Waals surface area contributed by atoms with Crippen LogP contribution >= 0.6 is 0 Å². The molecule has 1 amide bonds. The van der Waals surface area contributed by atoms with Gasteiger partial charge in [-0.1, -0.05) is 30.3 Å². The maximum Gasteiger partial charge on any atom is 0.223 e. The number of methoxy groups -OCH3 is 1. The molecule has 1 aromatic rings. The van der Waals surface area contributed by atoms with Crippen LogP contribution in [0.5, 0.6) is 0 Å². The van der Waals surface area contributed by atoms with Crippen molar-refractivity contribution in [1.82, 2.24) is 10.2 Å². The van der Waals surface area contributed by atoms with E-state index in [1.807, 2.05) is 18.2 Å². The molecular weight excluding hydrogens is 304 g/mol. The Hall–Kier alpha value is -1.43. The van der Waals surface area contributed by atoms with E-state index in [0.29, 0.717) is 19.1 Å². The Morgan fingerprint density at radius 1 is 1.33 bits per heavy atom. The molecule has 24 heavy (non-hydrogen) atoms. The van der Waals surface area contributed by atoms with Crippen molar-refractivity contribution in [3.05, 3.63) is 35.9 Å². The number of aliphatic hydroxyl groups excluding tert-OH is 1.